The maximum absolute atomic E-state index is 15.1. The Morgan fingerprint density at radius 2 is 1.77 bits per heavy atom. The molecule has 1 nitrogen and oxygen atoms in total. The third-order valence-electron chi connectivity index (χ3n) is 7.60. The number of unbranched alkanes of at least 4 members (excludes halogenated alkanes) is 1. The van der Waals surface area contributed by atoms with Crippen LogP contribution in [0.2, 0.25) is 0 Å². The van der Waals surface area contributed by atoms with Gasteiger partial charge in [0, 0.05) is 0 Å². The Morgan fingerprint density at radius 1 is 1.00 bits per heavy atom. The fourth-order valence-electron chi connectivity index (χ4n) is 5.96. The van der Waals surface area contributed by atoms with Gasteiger partial charge in [0.05, 0.1) is 5.39 Å². The largest absolute Gasteiger partial charge is 0.486 e. The van der Waals surface area contributed by atoms with Gasteiger partial charge >= 0.3 is 0 Å². The van der Waals surface area contributed by atoms with E-state index in [9.17, 15) is 8.78 Å². The van der Waals surface area contributed by atoms with Crippen LogP contribution in [0.15, 0.2) is 30.9 Å². The molecule has 0 aromatic heterocycles. The van der Waals surface area contributed by atoms with Crippen LogP contribution in [-0.2, 0) is 0 Å². The first-order chi connectivity index (χ1) is 15.0. The van der Waals surface area contributed by atoms with Crippen LogP contribution in [-0.4, -0.2) is 6.61 Å². The molecule has 2 saturated carbocycles. The Labute approximate surface area is 183 Å². The highest BCUT2D eigenvalue weighted by Crippen LogP contribution is 2.49. The van der Waals surface area contributed by atoms with E-state index in [-0.39, 0.29) is 23.7 Å². The Morgan fingerprint density at radius 3 is 2.55 bits per heavy atom. The fraction of sp³-hybridized carbons (Fsp3) is 0.556. The molecule has 0 N–H and O–H groups in total. The molecular weight excluding hydrogens is 397 g/mol. The van der Waals surface area contributed by atoms with E-state index >= 15 is 4.39 Å². The average Bonchev–Trinajstić information content (AvgIpc) is 2.79. The van der Waals surface area contributed by atoms with Crippen molar-refractivity contribution < 1.29 is 17.9 Å². The standard InChI is InChI=1S/C27H33F3O/c1-3-5-6-17-7-8-19-15-20(10-9-18(19)14-17)22-16-21-11-12-23(31-13-4-2)26(29)24(21)27(30)25(22)28/h4,11-12,16-20H,2-3,5-10,13-15H2,1H3/t17?,18-,19?,20-/m1/s1. The van der Waals surface area contributed by atoms with E-state index in [1.165, 1.54) is 50.7 Å². The van der Waals surface area contributed by atoms with Crippen LogP contribution in [0.5, 0.6) is 5.75 Å². The van der Waals surface area contributed by atoms with Gasteiger partial charge in [0.15, 0.2) is 23.2 Å². The molecule has 0 heterocycles. The minimum atomic E-state index is -1.10. The number of fused-ring (bicyclic) bond motifs is 2. The molecule has 0 amide bonds. The maximum atomic E-state index is 15.1. The first-order valence-electron chi connectivity index (χ1n) is 11.9. The summed E-state index contributed by atoms with van der Waals surface area (Å²) < 4.78 is 50.1. The van der Waals surface area contributed by atoms with E-state index in [0.717, 1.165) is 31.1 Å². The summed E-state index contributed by atoms with van der Waals surface area (Å²) in [6.07, 6.45) is 12.0. The van der Waals surface area contributed by atoms with Gasteiger partial charge in [-0.05, 0) is 78.9 Å². The molecule has 0 radical (unpaired) electrons. The van der Waals surface area contributed by atoms with Crippen molar-refractivity contribution in [1.82, 2.24) is 0 Å². The van der Waals surface area contributed by atoms with Gasteiger partial charge in [-0.2, -0.15) is 0 Å². The molecule has 0 spiro atoms. The van der Waals surface area contributed by atoms with Crippen LogP contribution < -0.4 is 4.74 Å². The molecule has 2 aliphatic carbocycles. The first kappa shape index (κ1) is 22.2. The van der Waals surface area contributed by atoms with Gasteiger partial charge < -0.3 is 4.74 Å². The summed E-state index contributed by atoms with van der Waals surface area (Å²) in [6.45, 7) is 5.88. The third kappa shape index (κ3) is 4.49. The summed E-state index contributed by atoms with van der Waals surface area (Å²) in [5.41, 5.74) is 0.413. The SMILES string of the molecule is C=CCOc1ccc2cc([C@@H]3CC[C@@H]4CC(CCCC)CCC4C3)c(F)c(F)c2c1F. The van der Waals surface area contributed by atoms with Crippen LogP contribution in [0.1, 0.15) is 76.2 Å². The lowest BCUT2D eigenvalue weighted by molar-refractivity contribution is 0.112. The fourth-order valence-corrected chi connectivity index (χ4v) is 5.96. The quantitative estimate of drug-likeness (QED) is 0.401. The molecule has 0 saturated heterocycles. The molecule has 4 heteroatoms. The van der Waals surface area contributed by atoms with Crippen LogP contribution in [0, 0.1) is 35.2 Å². The molecule has 4 rings (SSSR count). The highest BCUT2D eigenvalue weighted by molar-refractivity contribution is 5.86. The van der Waals surface area contributed by atoms with Crippen molar-refractivity contribution in [3.8, 4) is 5.75 Å². The van der Waals surface area contributed by atoms with Gasteiger partial charge in [0.1, 0.15) is 6.61 Å². The third-order valence-corrected chi connectivity index (χ3v) is 7.60. The molecule has 31 heavy (non-hydrogen) atoms. The van der Waals surface area contributed by atoms with E-state index in [1.807, 2.05) is 0 Å². The minimum absolute atomic E-state index is 0.00657. The lowest BCUT2D eigenvalue weighted by Crippen LogP contribution is -2.30. The van der Waals surface area contributed by atoms with E-state index in [2.05, 4.69) is 13.5 Å². The van der Waals surface area contributed by atoms with Crippen LogP contribution in [0.25, 0.3) is 10.8 Å². The van der Waals surface area contributed by atoms with Crippen molar-refractivity contribution in [2.45, 2.75) is 70.6 Å². The zero-order valence-corrected chi connectivity index (χ0v) is 18.4. The van der Waals surface area contributed by atoms with E-state index in [4.69, 9.17) is 4.74 Å². The van der Waals surface area contributed by atoms with Crippen LogP contribution in [0.4, 0.5) is 13.2 Å². The molecule has 0 aliphatic heterocycles. The van der Waals surface area contributed by atoms with Crippen molar-refractivity contribution in [2.24, 2.45) is 17.8 Å². The normalized spacial score (nSPS) is 25.9. The average molecular weight is 431 g/mol. The lowest BCUT2D eigenvalue weighted by Gasteiger charge is -2.42. The predicted molar refractivity (Wildman–Crippen MR) is 120 cm³/mol. The Balaban J connectivity index is 1.55. The Kier molecular flexibility index (Phi) is 6.93. The van der Waals surface area contributed by atoms with Gasteiger partial charge in [-0.15, -0.1) is 0 Å². The second kappa shape index (κ2) is 9.67. The van der Waals surface area contributed by atoms with Gasteiger partial charge in [-0.3, -0.25) is 0 Å². The molecule has 2 unspecified atom stereocenters. The summed E-state index contributed by atoms with van der Waals surface area (Å²) in [6, 6.07) is 4.76. The smallest absolute Gasteiger partial charge is 0.175 e. The molecule has 2 aliphatic rings. The van der Waals surface area contributed by atoms with Crippen molar-refractivity contribution in [3.05, 3.63) is 53.9 Å². The van der Waals surface area contributed by atoms with E-state index in [0.29, 0.717) is 16.9 Å². The summed E-state index contributed by atoms with van der Waals surface area (Å²) in [5.74, 6) is -0.759. The van der Waals surface area contributed by atoms with E-state index in [1.54, 1.807) is 12.1 Å². The number of rotatable bonds is 7. The van der Waals surface area contributed by atoms with Crippen LogP contribution >= 0.6 is 0 Å². The number of ether oxygens (including phenoxy) is 1. The Bertz CT molecular complexity index is 938. The van der Waals surface area contributed by atoms with E-state index < -0.39 is 17.5 Å². The van der Waals surface area contributed by atoms with Gasteiger partial charge in [0.25, 0.3) is 0 Å². The zero-order valence-electron chi connectivity index (χ0n) is 18.4. The van der Waals surface area contributed by atoms with Crippen molar-refractivity contribution >= 4 is 10.8 Å². The molecular formula is C27H33F3O. The molecule has 2 fully saturated rings. The van der Waals surface area contributed by atoms with Gasteiger partial charge in [-0.1, -0.05) is 51.3 Å². The highest BCUT2D eigenvalue weighted by Gasteiger charge is 2.37. The number of halogens is 3. The maximum Gasteiger partial charge on any atom is 0.175 e. The summed E-state index contributed by atoms with van der Waals surface area (Å²) in [7, 11) is 0. The summed E-state index contributed by atoms with van der Waals surface area (Å²) in [5, 5.41) is 0.0654. The van der Waals surface area contributed by atoms with Gasteiger partial charge in [0.2, 0.25) is 0 Å². The molecule has 168 valence electrons. The summed E-state index contributed by atoms with van der Waals surface area (Å²) >= 11 is 0. The second-order valence-corrected chi connectivity index (χ2v) is 9.52. The monoisotopic (exact) mass is 430 g/mol. The van der Waals surface area contributed by atoms with Gasteiger partial charge in [-0.25, -0.2) is 13.2 Å². The van der Waals surface area contributed by atoms with Crippen molar-refractivity contribution in [3.63, 3.8) is 0 Å². The van der Waals surface area contributed by atoms with Crippen molar-refractivity contribution in [2.75, 3.05) is 6.61 Å². The molecule has 0 bridgehead atoms. The topological polar surface area (TPSA) is 9.23 Å². The summed E-state index contributed by atoms with van der Waals surface area (Å²) in [4.78, 5) is 0. The number of hydrogen-bond donors (Lipinski definition) is 0. The number of benzene rings is 2. The molecule has 2 aromatic carbocycles. The minimum Gasteiger partial charge on any atom is -0.486 e. The first-order valence-corrected chi connectivity index (χ1v) is 11.9. The number of hydrogen-bond acceptors (Lipinski definition) is 1. The predicted octanol–water partition coefficient (Wildman–Crippen LogP) is 8.31. The molecule has 2 aromatic rings. The highest BCUT2D eigenvalue weighted by atomic mass is 19.2. The van der Waals surface area contributed by atoms with Crippen molar-refractivity contribution in [1.29, 1.82) is 0 Å². The Hall–Kier alpha value is -1.97. The lowest BCUT2D eigenvalue weighted by atomic mass is 9.63. The zero-order chi connectivity index (χ0) is 22.0. The molecule has 4 atom stereocenters. The second-order valence-electron chi connectivity index (χ2n) is 9.52. The van der Waals surface area contributed by atoms with Crippen LogP contribution in [0.3, 0.4) is 0 Å².